The minimum Gasteiger partial charge on any atom is -0.337 e. The SMILES string of the molecule is CC.CCC1(CN2CCC(F)(CN3CC4(CC[NH+](C)CC4)C3)CC2)CC1. The van der Waals surface area contributed by atoms with Gasteiger partial charge in [-0.25, -0.2) is 4.39 Å². The molecule has 0 bridgehead atoms. The van der Waals surface area contributed by atoms with Crippen molar-refractivity contribution in [3.05, 3.63) is 0 Å². The van der Waals surface area contributed by atoms with Crippen LogP contribution in [0.2, 0.25) is 0 Å². The largest absolute Gasteiger partial charge is 0.337 e. The molecule has 1 N–H and O–H groups in total. The maximum Gasteiger partial charge on any atom is 0.126 e. The minimum atomic E-state index is -0.919. The second-order valence-electron chi connectivity index (χ2n) is 9.88. The smallest absolute Gasteiger partial charge is 0.126 e. The molecular formula is C22H43FN3+. The first-order valence-electron chi connectivity index (χ1n) is 11.4. The van der Waals surface area contributed by atoms with Crippen molar-refractivity contribution in [1.29, 1.82) is 0 Å². The zero-order chi connectivity index (χ0) is 18.8. The van der Waals surface area contributed by atoms with Crippen LogP contribution >= 0.6 is 0 Å². The van der Waals surface area contributed by atoms with Crippen LogP contribution in [0.4, 0.5) is 4.39 Å². The molecule has 0 aromatic rings. The predicted octanol–water partition coefficient (Wildman–Crippen LogP) is 2.62. The van der Waals surface area contributed by atoms with Gasteiger partial charge in [-0.2, -0.15) is 0 Å². The van der Waals surface area contributed by atoms with Crippen molar-refractivity contribution in [2.24, 2.45) is 10.8 Å². The van der Waals surface area contributed by atoms with Gasteiger partial charge in [-0.3, -0.25) is 4.90 Å². The predicted molar refractivity (Wildman–Crippen MR) is 108 cm³/mol. The van der Waals surface area contributed by atoms with E-state index in [0.717, 1.165) is 39.0 Å². The maximum absolute atomic E-state index is 15.3. The van der Waals surface area contributed by atoms with Crippen molar-refractivity contribution in [2.45, 2.75) is 71.4 Å². The summed E-state index contributed by atoms with van der Waals surface area (Å²) in [6.45, 7) is 15.1. The molecule has 4 fully saturated rings. The number of hydrogen-bond donors (Lipinski definition) is 1. The number of nitrogens with zero attached hydrogens (tertiary/aromatic N) is 2. The van der Waals surface area contributed by atoms with Crippen LogP contribution in [0.15, 0.2) is 0 Å². The first kappa shape index (κ1) is 20.5. The lowest BCUT2D eigenvalue weighted by atomic mass is 9.71. The first-order chi connectivity index (χ1) is 12.4. The summed E-state index contributed by atoms with van der Waals surface area (Å²) < 4.78 is 15.3. The summed E-state index contributed by atoms with van der Waals surface area (Å²) in [6, 6.07) is 0. The summed E-state index contributed by atoms with van der Waals surface area (Å²) >= 11 is 0. The van der Waals surface area contributed by atoms with Crippen LogP contribution in [0, 0.1) is 10.8 Å². The lowest BCUT2D eigenvalue weighted by Crippen LogP contribution is -3.10. The fraction of sp³-hybridized carbons (Fsp3) is 1.00. The van der Waals surface area contributed by atoms with E-state index in [0.29, 0.717) is 17.4 Å². The zero-order valence-corrected chi connectivity index (χ0v) is 17.9. The zero-order valence-electron chi connectivity index (χ0n) is 17.9. The van der Waals surface area contributed by atoms with E-state index in [2.05, 4.69) is 23.8 Å². The summed E-state index contributed by atoms with van der Waals surface area (Å²) in [7, 11) is 2.30. The Bertz CT molecular complexity index is 438. The van der Waals surface area contributed by atoms with Crippen LogP contribution in [0.25, 0.3) is 0 Å². The molecule has 0 amide bonds. The van der Waals surface area contributed by atoms with Crippen molar-refractivity contribution >= 4 is 0 Å². The summed E-state index contributed by atoms with van der Waals surface area (Å²) in [4.78, 5) is 6.64. The van der Waals surface area contributed by atoms with Gasteiger partial charge in [0.05, 0.1) is 20.1 Å². The van der Waals surface area contributed by atoms with Gasteiger partial charge in [0, 0.05) is 57.5 Å². The first-order valence-corrected chi connectivity index (χ1v) is 11.4. The molecule has 4 rings (SSSR count). The molecule has 4 aliphatic rings. The molecule has 0 radical (unpaired) electrons. The second kappa shape index (κ2) is 8.05. The molecule has 1 saturated carbocycles. The van der Waals surface area contributed by atoms with Gasteiger partial charge >= 0.3 is 0 Å². The Kier molecular flexibility index (Phi) is 6.36. The number of piperidine rings is 2. The van der Waals surface area contributed by atoms with Gasteiger partial charge in [0.1, 0.15) is 5.67 Å². The van der Waals surface area contributed by atoms with Gasteiger partial charge in [0.25, 0.3) is 0 Å². The van der Waals surface area contributed by atoms with Gasteiger partial charge in [0.15, 0.2) is 0 Å². The molecule has 3 nitrogen and oxygen atoms in total. The number of rotatable bonds is 5. The fourth-order valence-corrected chi connectivity index (χ4v) is 5.48. The standard InChI is InChI=1S/C20H36FN3.C2H6/c1-3-18(4-5-18)14-23-12-8-20(21,9-13-23)17-24-15-19(16-24)6-10-22(2)11-7-19;1-2/h3-17H2,1-2H3;1-2H3/p+1. The van der Waals surface area contributed by atoms with E-state index in [1.807, 2.05) is 13.8 Å². The molecule has 4 heteroatoms. The number of likely N-dealkylation sites (tertiary alicyclic amines) is 3. The van der Waals surface area contributed by atoms with Gasteiger partial charge in [0.2, 0.25) is 0 Å². The van der Waals surface area contributed by atoms with Crippen LogP contribution in [0.5, 0.6) is 0 Å². The van der Waals surface area contributed by atoms with Gasteiger partial charge in [-0.1, -0.05) is 20.8 Å². The summed E-state index contributed by atoms with van der Waals surface area (Å²) in [5.41, 5.74) is 0.240. The van der Waals surface area contributed by atoms with E-state index < -0.39 is 5.67 Å². The molecule has 152 valence electrons. The minimum absolute atomic E-state index is 0.552. The van der Waals surface area contributed by atoms with Crippen LogP contribution < -0.4 is 4.90 Å². The highest BCUT2D eigenvalue weighted by atomic mass is 19.1. The Hall–Kier alpha value is -0.190. The Morgan fingerprint density at radius 3 is 1.92 bits per heavy atom. The highest BCUT2D eigenvalue weighted by Crippen LogP contribution is 2.49. The van der Waals surface area contributed by atoms with Gasteiger partial charge < -0.3 is 9.80 Å². The Morgan fingerprint density at radius 2 is 1.42 bits per heavy atom. The number of alkyl halides is 1. The van der Waals surface area contributed by atoms with E-state index in [-0.39, 0.29) is 0 Å². The van der Waals surface area contributed by atoms with Crippen molar-refractivity contribution in [3.63, 3.8) is 0 Å². The lowest BCUT2D eigenvalue weighted by Gasteiger charge is -2.54. The molecule has 3 heterocycles. The van der Waals surface area contributed by atoms with E-state index in [4.69, 9.17) is 0 Å². The number of halogens is 1. The molecule has 0 unspecified atom stereocenters. The van der Waals surface area contributed by atoms with Crippen LogP contribution in [-0.2, 0) is 0 Å². The molecule has 0 aromatic heterocycles. The highest BCUT2D eigenvalue weighted by Gasteiger charge is 2.49. The molecular weight excluding hydrogens is 325 g/mol. The third-order valence-electron chi connectivity index (χ3n) is 7.81. The molecule has 3 saturated heterocycles. The normalized spacial score (nSPS) is 30.3. The average molecular weight is 369 g/mol. The molecule has 0 aromatic carbocycles. The lowest BCUT2D eigenvalue weighted by molar-refractivity contribution is -0.888. The maximum atomic E-state index is 15.3. The fourth-order valence-electron chi connectivity index (χ4n) is 5.48. The summed E-state index contributed by atoms with van der Waals surface area (Å²) in [5, 5.41) is 0. The van der Waals surface area contributed by atoms with Gasteiger partial charge in [-0.05, 0) is 37.5 Å². The van der Waals surface area contributed by atoms with Crippen molar-refractivity contribution in [1.82, 2.24) is 9.80 Å². The van der Waals surface area contributed by atoms with E-state index in [1.165, 1.54) is 51.7 Å². The third-order valence-corrected chi connectivity index (χ3v) is 7.81. The number of hydrogen-bond acceptors (Lipinski definition) is 2. The molecule has 0 atom stereocenters. The summed E-state index contributed by atoms with van der Waals surface area (Å²) in [6.07, 6.45) is 8.30. The van der Waals surface area contributed by atoms with Crippen LogP contribution in [0.1, 0.15) is 65.7 Å². The van der Waals surface area contributed by atoms with E-state index >= 15 is 4.39 Å². The molecule has 1 spiro atoms. The van der Waals surface area contributed by atoms with Crippen molar-refractivity contribution < 1.29 is 9.29 Å². The average Bonchev–Trinajstić information content (AvgIpc) is 3.40. The molecule has 1 aliphatic carbocycles. The quantitative estimate of drug-likeness (QED) is 0.800. The number of nitrogens with one attached hydrogen (secondary N) is 1. The topological polar surface area (TPSA) is 10.9 Å². The van der Waals surface area contributed by atoms with Gasteiger partial charge in [-0.15, -0.1) is 0 Å². The molecule has 26 heavy (non-hydrogen) atoms. The Balaban J connectivity index is 0.000000948. The Labute approximate surface area is 161 Å². The molecule has 3 aliphatic heterocycles. The monoisotopic (exact) mass is 368 g/mol. The van der Waals surface area contributed by atoms with Crippen LogP contribution in [0.3, 0.4) is 0 Å². The van der Waals surface area contributed by atoms with Crippen molar-refractivity contribution in [3.8, 4) is 0 Å². The summed E-state index contributed by atoms with van der Waals surface area (Å²) in [5.74, 6) is 0. The number of quaternary nitrogens is 1. The van der Waals surface area contributed by atoms with E-state index in [1.54, 1.807) is 4.90 Å². The Morgan fingerprint density at radius 1 is 0.846 bits per heavy atom. The second-order valence-corrected chi connectivity index (χ2v) is 9.88. The highest BCUT2D eigenvalue weighted by molar-refractivity contribution is 5.01. The van der Waals surface area contributed by atoms with E-state index in [9.17, 15) is 0 Å². The van der Waals surface area contributed by atoms with Crippen LogP contribution in [-0.4, -0.2) is 74.9 Å². The van der Waals surface area contributed by atoms with Crippen molar-refractivity contribution in [2.75, 3.05) is 59.4 Å². The third kappa shape index (κ3) is 4.62.